The molecule has 0 saturated carbocycles. The summed E-state index contributed by atoms with van der Waals surface area (Å²) >= 11 is 1.43. The first-order chi connectivity index (χ1) is 14.2. The van der Waals surface area contributed by atoms with E-state index in [4.69, 9.17) is 5.73 Å². The van der Waals surface area contributed by atoms with Crippen LogP contribution in [0.3, 0.4) is 0 Å². The summed E-state index contributed by atoms with van der Waals surface area (Å²) in [6.07, 6.45) is 1.67. The third-order valence-electron chi connectivity index (χ3n) is 4.55. The van der Waals surface area contributed by atoms with Crippen LogP contribution in [0.15, 0.2) is 71.9 Å². The molecule has 2 heterocycles. The summed E-state index contributed by atoms with van der Waals surface area (Å²) in [5.74, 6) is 0.766. The van der Waals surface area contributed by atoms with Gasteiger partial charge in [0.25, 0.3) is 0 Å². The number of anilines is 1. The van der Waals surface area contributed by atoms with Gasteiger partial charge in [-0.2, -0.15) is 10.5 Å². The van der Waals surface area contributed by atoms with Gasteiger partial charge in [0.2, 0.25) is 0 Å². The Hall–Kier alpha value is -3.87. The van der Waals surface area contributed by atoms with Crippen molar-refractivity contribution < 1.29 is 0 Å². The quantitative estimate of drug-likeness (QED) is 0.494. The van der Waals surface area contributed by atoms with E-state index in [0.29, 0.717) is 21.9 Å². The third-order valence-corrected chi connectivity index (χ3v) is 5.60. The van der Waals surface area contributed by atoms with E-state index in [2.05, 4.69) is 22.1 Å². The van der Waals surface area contributed by atoms with E-state index < -0.39 is 0 Å². The summed E-state index contributed by atoms with van der Waals surface area (Å²) in [5, 5.41) is 21.1. The van der Waals surface area contributed by atoms with Gasteiger partial charge in [0, 0.05) is 22.9 Å². The van der Waals surface area contributed by atoms with Gasteiger partial charge < -0.3 is 5.73 Å². The van der Waals surface area contributed by atoms with E-state index in [0.717, 1.165) is 22.0 Å². The van der Waals surface area contributed by atoms with E-state index in [1.165, 1.54) is 11.8 Å². The molecule has 0 fully saturated rings. The second-order valence-electron chi connectivity index (χ2n) is 6.30. The largest absolute Gasteiger partial charge is 0.383 e. The van der Waals surface area contributed by atoms with Crippen LogP contribution in [0.25, 0.3) is 22.0 Å². The summed E-state index contributed by atoms with van der Waals surface area (Å²) in [5.41, 5.74) is 9.86. The highest BCUT2D eigenvalue weighted by Crippen LogP contribution is 2.38. The van der Waals surface area contributed by atoms with Crippen molar-refractivity contribution in [1.29, 1.82) is 10.5 Å². The first-order valence-electron chi connectivity index (χ1n) is 8.87. The molecule has 6 heteroatoms. The number of nitrogens with zero attached hydrogens (tertiary/aromatic N) is 4. The fraction of sp³-hybridized carbons (Fsp3) is 0.0435. The van der Waals surface area contributed by atoms with Crippen LogP contribution >= 0.6 is 11.8 Å². The van der Waals surface area contributed by atoms with Crippen LogP contribution in [0, 0.1) is 22.7 Å². The van der Waals surface area contributed by atoms with Gasteiger partial charge in [0.1, 0.15) is 28.5 Å². The molecule has 29 heavy (non-hydrogen) atoms. The topological polar surface area (TPSA) is 99.4 Å². The van der Waals surface area contributed by atoms with Crippen molar-refractivity contribution in [3.8, 4) is 23.3 Å². The summed E-state index contributed by atoms with van der Waals surface area (Å²) in [7, 11) is 0. The van der Waals surface area contributed by atoms with Gasteiger partial charge in [-0.05, 0) is 23.3 Å². The van der Waals surface area contributed by atoms with Crippen molar-refractivity contribution >= 4 is 28.5 Å². The molecule has 2 N–H and O–H groups in total. The predicted octanol–water partition coefficient (Wildman–Crippen LogP) is 4.91. The van der Waals surface area contributed by atoms with Crippen molar-refractivity contribution in [3.05, 3.63) is 83.6 Å². The van der Waals surface area contributed by atoms with Gasteiger partial charge in [-0.3, -0.25) is 4.98 Å². The minimum atomic E-state index is 0.123. The summed E-state index contributed by atoms with van der Waals surface area (Å²) in [6.45, 7) is 0. The lowest BCUT2D eigenvalue weighted by atomic mass is 9.94. The fourth-order valence-electron chi connectivity index (χ4n) is 3.21. The molecule has 0 aliphatic carbocycles. The molecule has 4 aromatic rings. The molecule has 4 rings (SSSR count). The average molecular weight is 393 g/mol. The minimum Gasteiger partial charge on any atom is -0.383 e. The number of thioether (sulfide) groups is 1. The van der Waals surface area contributed by atoms with E-state index in [1.54, 1.807) is 6.20 Å². The lowest BCUT2D eigenvalue weighted by Crippen LogP contribution is -2.04. The Morgan fingerprint density at radius 3 is 2.38 bits per heavy atom. The highest BCUT2D eigenvalue weighted by Gasteiger charge is 2.22. The van der Waals surface area contributed by atoms with Crippen molar-refractivity contribution in [1.82, 2.24) is 9.97 Å². The number of hydrogen-bond donors (Lipinski definition) is 1. The zero-order valence-corrected chi connectivity index (χ0v) is 16.1. The Bertz CT molecular complexity index is 1280. The second-order valence-corrected chi connectivity index (χ2v) is 7.26. The van der Waals surface area contributed by atoms with Gasteiger partial charge in [-0.25, -0.2) is 4.98 Å². The Balaban J connectivity index is 1.92. The number of rotatable bonds is 4. The first-order valence-corrected chi connectivity index (χ1v) is 9.86. The molecule has 0 spiro atoms. The Morgan fingerprint density at radius 1 is 0.897 bits per heavy atom. The standard InChI is InChI=1S/C23H15N5S/c24-12-18-21(17-10-11-27-20-9-5-4-8-16(17)20)19(13-25)23(28-22(18)26)29-14-15-6-2-1-3-7-15/h1-11H,14H2,(H2,26,28). The molecular weight excluding hydrogens is 378 g/mol. The highest BCUT2D eigenvalue weighted by atomic mass is 32.2. The monoisotopic (exact) mass is 393 g/mol. The smallest absolute Gasteiger partial charge is 0.143 e. The maximum Gasteiger partial charge on any atom is 0.143 e. The molecule has 0 aliphatic heterocycles. The SMILES string of the molecule is N#Cc1c(N)nc(SCc2ccccc2)c(C#N)c1-c1ccnc2ccccc12. The number of hydrogen-bond acceptors (Lipinski definition) is 6. The van der Waals surface area contributed by atoms with Crippen molar-refractivity contribution in [2.75, 3.05) is 5.73 Å². The molecular formula is C23H15N5S. The number of pyridine rings is 2. The number of benzene rings is 2. The van der Waals surface area contributed by atoms with Gasteiger partial charge in [-0.1, -0.05) is 48.5 Å². The van der Waals surface area contributed by atoms with Gasteiger partial charge in [0.05, 0.1) is 11.1 Å². The normalized spacial score (nSPS) is 10.4. The van der Waals surface area contributed by atoms with Crippen molar-refractivity contribution in [2.45, 2.75) is 10.8 Å². The lowest BCUT2D eigenvalue weighted by Gasteiger charge is -2.14. The average Bonchev–Trinajstić information content (AvgIpc) is 2.77. The predicted molar refractivity (Wildman–Crippen MR) is 115 cm³/mol. The molecule has 2 aromatic carbocycles. The molecule has 0 unspecified atom stereocenters. The summed E-state index contributed by atoms with van der Waals surface area (Å²) in [4.78, 5) is 8.76. The maximum absolute atomic E-state index is 9.97. The van der Waals surface area contributed by atoms with Crippen LogP contribution in [0.1, 0.15) is 16.7 Å². The maximum atomic E-state index is 9.97. The molecule has 0 atom stereocenters. The minimum absolute atomic E-state index is 0.123. The zero-order chi connectivity index (χ0) is 20.2. The summed E-state index contributed by atoms with van der Waals surface area (Å²) < 4.78 is 0. The van der Waals surface area contributed by atoms with Crippen LogP contribution in [-0.2, 0) is 5.75 Å². The highest BCUT2D eigenvalue weighted by molar-refractivity contribution is 7.98. The van der Waals surface area contributed by atoms with Crippen molar-refractivity contribution in [2.24, 2.45) is 0 Å². The number of nitriles is 2. The van der Waals surface area contributed by atoms with Crippen LogP contribution in [-0.4, -0.2) is 9.97 Å². The van der Waals surface area contributed by atoms with E-state index in [-0.39, 0.29) is 11.4 Å². The van der Waals surface area contributed by atoms with Crippen molar-refractivity contribution in [3.63, 3.8) is 0 Å². The number of para-hydroxylation sites is 1. The Morgan fingerprint density at radius 2 is 1.62 bits per heavy atom. The molecule has 0 radical (unpaired) electrons. The fourth-order valence-corrected chi connectivity index (χ4v) is 4.16. The van der Waals surface area contributed by atoms with Crippen LogP contribution in [0.5, 0.6) is 0 Å². The Labute approximate surface area is 172 Å². The first kappa shape index (κ1) is 18.5. The molecule has 138 valence electrons. The molecule has 0 saturated heterocycles. The van der Waals surface area contributed by atoms with E-state index in [1.807, 2.05) is 60.7 Å². The third kappa shape index (κ3) is 3.50. The molecule has 0 bridgehead atoms. The molecule has 2 aromatic heterocycles. The number of fused-ring (bicyclic) bond motifs is 1. The molecule has 5 nitrogen and oxygen atoms in total. The zero-order valence-electron chi connectivity index (χ0n) is 15.3. The second kappa shape index (κ2) is 8.02. The van der Waals surface area contributed by atoms with Gasteiger partial charge in [0.15, 0.2) is 0 Å². The number of nitrogen functional groups attached to an aromatic ring is 1. The van der Waals surface area contributed by atoms with E-state index in [9.17, 15) is 10.5 Å². The van der Waals surface area contributed by atoms with Crippen LogP contribution in [0.4, 0.5) is 5.82 Å². The lowest BCUT2D eigenvalue weighted by molar-refractivity contribution is 1.11. The van der Waals surface area contributed by atoms with Gasteiger partial charge >= 0.3 is 0 Å². The number of aromatic nitrogens is 2. The molecule has 0 aliphatic rings. The van der Waals surface area contributed by atoms with E-state index >= 15 is 0 Å². The Kier molecular flexibility index (Phi) is 5.11. The number of nitrogens with two attached hydrogens (primary N) is 1. The molecule has 0 amide bonds. The van der Waals surface area contributed by atoms with Crippen LogP contribution in [0.2, 0.25) is 0 Å². The van der Waals surface area contributed by atoms with Crippen LogP contribution < -0.4 is 5.73 Å². The summed E-state index contributed by atoms with van der Waals surface area (Å²) in [6, 6.07) is 23.8. The van der Waals surface area contributed by atoms with Gasteiger partial charge in [-0.15, -0.1) is 11.8 Å².